The molecule has 0 aromatic carbocycles. The number of nitrogens with zero attached hydrogens (tertiary/aromatic N) is 2. The van der Waals surface area contributed by atoms with Crippen molar-refractivity contribution in [1.82, 2.24) is 15.1 Å². The number of nitrogens with one attached hydrogen (secondary N) is 1. The van der Waals surface area contributed by atoms with E-state index in [0.29, 0.717) is 25.0 Å². The van der Waals surface area contributed by atoms with Crippen molar-refractivity contribution >= 4 is 6.03 Å². The van der Waals surface area contributed by atoms with E-state index in [1.54, 1.807) is 17.1 Å². The second-order valence-corrected chi connectivity index (χ2v) is 5.77. The standard InChI is InChI=1S/C16H29N3O/c1-5-9-18(10-6-2)16(20)17-12-15-8-7-11-19(13-15)14(3)4/h5-6,14-15H,1-2,7-13H2,3-4H3,(H,17,20)/t15-/m0/s1. The molecule has 0 aliphatic carbocycles. The molecule has 0 spiro atoms. The van der Waals surface area contributed by atoms with Crippen LogP contribution in [0.25, 0.3) is 0 Å². The Kier molecular flexibility index (Phi) is 7.37. The Labute approximate surface area is 123 Å². The largest absolute Gasteiger partial charge is 0.338 e. The predicted octanol–water partition coefficient (Wildman–Crippen LogP) is 2.49. The van der Waals surface area contributed by atoms with Gasteiger partial charge in [0.25, 0.3) is 0 Å². The van der Waals surface area contributed by atoms with Gasteiger partial charge in [-0.2, -0.15) is 0 Å². The highest BCUT2D eigenvalue weighted by Crippen LogP contribution is 2.17. The van der Waals surface area contributed by atoms with Crippen LogP contribution in [0, 0.1) is 5.92 Å². The molecule has 1 fully saturated rings. The molecule has 0 saturated carbocycles. The molecule has 1 atom stereocenters. The predicted molar refractivity (Wildman–Crippen MR) is 84.8 cm³/mol. The van der Waals surface area contributed by atoms with Crippen LogP contribution in [0.2, 0.25) is 0 Å². The van der Waals surface area contributed by atoms with E-state index in [0.717, 1.165) is 13.1 Å². The molecule has 1 N–H and O–H groups in total. The fourth-order valence-electron chi connectivity index (χ4n) is 2.63. The van der Waals surface area contributed by atoms with Crippen LogP contribution in [0.5, 0.6) is 0 Å². The molecule has 4 heteroatoms. The number of carbonyl (C=O) groups is 1. The van der Waals surface area contributed by atoms with Crippen LogP contribution in [-0.4, -0.2) is 54.6 Å². The number of amides is 2. The monoisotopic (exact) mass is 279 g/mol. The van der Waals surface area contributed by atoms with E-state index in [9.17, 15) is 4.79 Å². The van der Waals surface area contributed by atoms with Crippen molar-refractivity contribution < 1.29 is 4.79 Å². The van der Waals surface area contributed by atoms with Gasteiger partial charge in [0.15, 0.2) is 0 Å². The number of carbonyl (C=O) groups excluding carboxylic acids is 1. The lowest BCUT2D eigenvalue weighted by Crippen LogP contribution is -2.46. The van der Waals surface area contributed by atoms with Crippen molar-refractivity contribution in [3.63, 3.8) is 0 Å². The van der Waals surface area contributed by atoms with Gasteiger partial charge in [-0.1, -0.05) is 12.2 Å². The maximum atomic E-state index is 12.1. The lowest BCUT2D eigenvalue weighted by Gasteiger charge is -2.35. The van der Waals surface area contributed by atoms with Gasteiger partial charge < -0.3 is 15.1 Å². The Bertz CT molecular complexity index is 318. The summed E-state index contributed by atoms with van der Waals surface area (Å²) in [7, 11) is 0. The SMILES string of the molecule is C=CCN(CC=C)C(=O)NC[C@@H]1CCCN(C(C)C)C1. The van der Waals surface area contributed by atoms with Gasteiger partial charge in [-0.25, -0.2) is 4.79 Å². The fraction of sp³-hybridized carbons (Fsp3) is 0.688. The van der Waals surface area contributed by atoms with Crippen LogP contribution in [0.15, 0.2) is 25.3 Å². The Morgan fingerprint density at radius 1 is 1.40 bits per heavy atom. The molecule has 0 aromatic rings. The lowest BCUT2D eigenvalue weighted by atomic mass is 9.97. The van der Waals surface area contributed by atoms with Gasteiger partial charge >= 0.3 is 6.03 Å². The molecule has 0 unspecified atom stereocenters. The van der Waals surface area contributed by atoms with Gasteiger partial charge in [0.1, 0.15) is 0 Å². The topological polar surface area (TPSA) is 35.6 Å². The Morgan fingerprint density at radius 2 is 2.05 bits per heavy atom. The molecular formula is C16H29N3O. The van der Waals surface area contributed by atoms with Crippen molar-refractivity contribution in [2.75, 3.05) is 32.7 Å². The molecule has 0 radical (unpaired) electrons. The van der Waals surface area contributed by atoms with Crippen LogP contribution < -0.4 is 5.32 Å². The number of urea groups is 1. The third-order valence-electron chi connectivity index (χ3n) is 3.81. The summed E-state index contributed by atoms with van der Waals surface area (Å²) in [6, 6.07) is 0.568. The van der Waals surface area contributed by atoms with Crippen molar-refractivity contribution in [1.29, 1.82) is 0 Å². The number of rotatable bonds is 7. The first kappa shape index (κ1) is 16.8. The number of hydrogen-bond acceptors (Lipinski definition) is 2. The average Bonchev–Trinajstić information content (AvgIpc) is 2.45. The highest BCUT2D eigenvalue weighted by molar-refractivity contribution is 5.74. The molecule has 1 saturated heterocycles. The Morgan fingerprint density at radius 3 is 2.60 bits per heavy atom. The molecule has 20 heavy (non-hydrogen) atoms. The van der Waals surface area contributed by atoms with Crippen LogP contribution in [-0.2, 0) is 0 Å². The van der Waals surface area contributed by atoms with Gasteiger partial charge in [-0.05, 0) is 39.2 Å². The van der Waals surface area contributed by atoms with Gasteiger partial charge in [-0.3, -0.25) is 0 Å². The minimum absolute atomic E-state index is 0.0218. The molecule has 0 bridgehead atoms. The van der Waals surface area contributed by atoms with E-state index in [4.69, 9.17) is 0 Å². The second kappa shape index (κ2) is 8.80. The van der Waals surface area contributed by atoms with Crippen LogP contribution in [0.3, 0.4) is 0 Å². The van der Waals surface area contributed by atoms with Crippen LogP contribution >= 0.6 is 0 Å². The third-order valence-corrected chi connectivity index (χ3v) is 3.81. The summed E-state index contributed by atoms with van der Waals surface area (Å²) in [5, 5.41) is 3.05. The van der Waals surface area contributed by atoms with Gasteiger partial charge in [0.2, 0.25) is 0 Å². The zero-order valence-electron chi connectivity index (χ0n) is 13.0. The zero-order chi connectivity index (χ0) is 15.0. The van der Waals surface area contributed by atoms with E-state index in [1.807, 2.05) is 0 Å². The molecule has 4 nitrogen and oxygen atoms in total. The molecule has 114 valence electrons. The Balaban J connectivity index is 2.38. The molecule has 2 amide bonds. The van der Waals surface area contributed by atoms with Crippen molar-refractivity contribution in [3.8, 4) is 0 Å². The highest BCUT2D eigenvalue weighted by atomic mass is 16.2. The van der Waals surface area contributed by atoms with Crippen molar-refractivity contribution in [2.24, 2.45) is 5.92 Å². The van der Waals surface area contributed by atoms with E-state index >= 15 is 0 Å². The quantitative estimate of drug-likeness (QED) is 0.727. The van der Waals surface area contributed by atoms with Crippen LogP contribution in [0.4, 0.5) is 4.79 Å². The molecule has 1 heterocycles. The summed E-state index contributed by atoms with van der Waals surface area (Å²) in [6.07, 6.45) is 5.91. The zero-order valence-corrected chi connectivity index (χ0v) is 13.0. The number of piperidine rings is 1. The molecule has 1 aliphatic heterocycles. The molecule has 0 aromatic heterocycles. The lowest BCUT2D eigenvalue weighted by molar-refractivity contribution is 0.137. The first-order valence-corrected chi connectivity index (χ1v) is 7.57. The molecule has 1 aliphatic rings. The number of hydrogen-bond donors (Lipinski definition) is 1. The average molecular weight is 279 g/mol. The smallest absolute Gasteiger partial charge is 0.317 e. The van der Waals surface area contributed by atoms with E-state index in [2.05, 4.69) is 37.2 Å². The summed E-state index contributed by atoms with van der Waals surface area (Å²) in [5.74, 6) is 0.560. The third kappa shape index (κ3) is 5.37. The Hall–Kier alpha value is -1.29. The van der Waals surface area contributed by atoms with E-state index < -0.39 is 0 Å². The first-order chi connectivity index (χ1) is 9.58. The fourth-order valence-corrected chi connectivity index (χ4v) is 2.63. The molecular weight excluding hydrogens is 250 g/mol. The first-order valence-electron chi connectivity index (χ1n) is 7.57. The summed E-state index contributed by atoms with van der Waals surface area (Å²) >= 11 is 0. The second-order valence-electron chi connectivity index (χ2n) is 5.77. The van der Waals surface area contributed by atoms with E-state index in [1.165, 1.54) is 19.4 Å². The van der Waals surface area contributed by atoms with Crippen LogP contribution in [0.1, 0.15) is 26.7 Å². The summed E-state index contributed by atoms with van der Waals surface area (Å²) in [4.78, 5) is 16.3. The van der Waals surface area contributed by atoms with Gasteiger partial charge in [0.05, 0.1) is 0 Å². The maximum Gasteiger partial charge on any atom is 0.317 e. The van der Waals surface area contributed by atoms with Crippen molar-refractivity contribution in [2.45, 2.75) is 32.7 Å². The minimum atomic E-state index is -0.0218. The minimum Gasteiger partial charge on any atom is -0.338 e. The van der Waals surface area contributed by atoms with Gasteiger partial charge in [-0.15, -0.1) is 13.2 Å². The van der Waals surface area contributed by atoms with Crippen molar-refractivity contribution in [3.05, 3.63) is 25.3 Å². The summed E-state index contributed by atoms with van der Waals surface area (Å²) in [5.41, 5.74) is 0. The summed E-state index contributed by atoms with van der Waals surface area (Å²) in [6.45, 7) is 16.0. The number of likely N-dealkylation sites (tertiary alicyclic amines) is 1. The molecule has 1 rings (SSSR count). The highest BCUT2D eigenvalue weighted by Gasteiger charge is 2.22. The normalized spacial score (nSPS) is 19.6. The maximum absolute atomic E-state index is 12.1. The summed E-state index contributed by atoms with van der Waals surface area (Å²) < 4.78 is 0. The van der Waals surface area contributed by atoms with E-state index in [-0.39, 0.29) is 6.03 Å². The van der Waals surface area contributed by atoms with Gasteiger partial charge in [0, 0.05) is 32.2 Å².